The maximum atomic E-state index is 11.6. The highest BCUT2D eigenvalue weighted by atomic mass is 16.4. The molecule has 1 fully saturated rings. The third kappa shape index (κ3) is 2.23. The molecule has 1 saturated heterocycles. The molecule has 0 spiro atoms. The smallest absolute Gasteiger partial charge is 0.339 e. The van der Waals surface area contributed by atoms with Gasteiger partial charge in [-0.15, -0.1) is 0 Å². The Bertz CT molecular complexity index is 701. The van der Waals surface area contributed by atoms with Crippen molar-refractivity contribution in [3.63, 3.8) is 0 Å². The number of rotatable bonds is 2. The molecule has 2 aromatic rings. The Morgan fingerprint density at radius 1 is 1.24 bits per heavy atom. The monoisotopic (exact) mass is 289 g/mol. The van der Waals surface area contributed by atoms with Gasteiger partial charge >= 0.3 is 5.97 Å². The van der Waals surface area contributed by atoms with Crippen LogP contribution in [0.15, 0.2) is 6.20 Å². The molecule has 0 atom stereocenters. The predicted molar refractivity (Wildman–Crippen MR) is 79.9 cm³/mol. The van der Waals surface area contributed by atoms with Crippen LogP contribution >= 0.6 is 0 Å². The molecule has 0 radical (unpaired) electrons. The van der Waals surface area contributed by atoms with Gasteiger partial charge in [0.15, 0.2) is 5.65 Å². The van der Waals surface area contributed by atoms with E-state index in [0.29, 0.717) is 0 Å². The number of aromatic carboxylic acids is 1. The van der Waals surface area contributed by atoms with E-state index in [-0.39, 0.29) is 5.56 Å². The molecule has 112 valence electrons. The summed E-state index contributed by atoms with van der Waals surface area (Å²) in [6, 6.07) is 0. The second-order valence-corrected chi connectivity index (χ2v) is 5.52. The zero-order valence-electron chi connectivity index (χ0n) is 12.5. The quantitative estimate of drug-likeness (QED) is 0.878. The minimum absolute atomic E-state index is 0.253. The molecule has 0 amide bonds. The number of carbonyl (C=O) groups is 1. The van der Waals surface area contributed by atoms with Crippen LogP contribution in [-0.4, -0.2) is 64.0 Å². The number of carboxylic acids is 1. The number of piperazine rings is 1. The molecule has 1 aliphatic heterocycles. The first-order chi connectivity index (χ1) is 9.99. The van der Waals surface area contributed by atoms with Crippen LogP contribution in [0.3, 0.4) is 0 Å². The number of aromatic nitrogens is 3. The highest BCUT2D eigenvalue weighted by Crippen LogP contribution is 2.32. The van der Waals surface area contributed by atoms with Gasteiger partial charge in [-0.2, -0.15) is 5.10 Å². The van der Waals surface area contributed by atoms with Crippen molar-refractivity contribution in [2.75, 3.05) is 38.1 Å². The molecule has 21 heavy (non-hydrogen) atoms. The van der Waals surface area contributed by atoms with E-state index < -0.39 is 5.97 Å². The molecule has 2 aromatic heterocycles. The second-order valence-electron chi connectivity index (χ2n) is 5.52. The van der Waals surface area contributed by atoms with E-state index in [0.717, 1.165) is 48.6 Å². The Morgan fingerprint density at radius 2 is 1.90 bits per heavy atom. The van der Waals surface area contributed by atoms with Gasteiger partial charge in [0.05, 0.1) is 16.8 Å². The van der Waals surface area contributed by atoms with Gasteiger partial charge < -0.3 is 14.9 Å². The second kappa shape index (κ2) is 5.00. The van der Waals surface area contributed by atoms with Crippen molar-refractivity contribution in [1.29, 1.82) is 0 Å². The maximum Gasteiger partial charge on any atom is 0.339 e. The molecule has 3 heterocycles. The Kier molecular flexibility index (Phi) is 3.29. The number of fused-ring (bicyclic) bond motifs is 1. The van der Waals surface area contributed by atoms with Gasteiger partial charge in [0, 0.05) is 39.4 Å². The van der Waals surface area contributed by atoms with Crippen molar-refractivity contribution in [3.05, 3.63) is 17.5 Å². The van der Waals surface area contributed by atoms with Crippen LogP contribution in [-0.2, 0) is 7.05 Å². The molecule has 0 aliphatic carbocycles. The number of aryl methyl sites for hydroxylation is 2. The summed E-state index contributed by atoms with van der Waals surface area (Å²) in [5.41, 5.74) is 2.55. The third-order valence-corrected chi connectivity index (χ3v) is 4.05. The Morgan fingerprint density at radius 3 is 2.52 bits per heavy atom. The van der Waals surface area contributed by atoms with E-state index in [4.69, 9.17) is 0 Å². The maximum absolute atomic E-state index is 11.6. The van der Waals surface area contributed by atoms with Crippen LogP contribution in [0.1, 0.15) is 16.1 Å². The van der Waals surface area contributed by atoms with Crippen LogP contribution in [0.4, 0.5) is 5.69 Å². The largest absolute Gasteiger partial charge is 0.478 e. The number of anilines is 1. The van der Waals surface area contributed by atoms with Crippen molar-refractivity contribution < 1.29 is 9.90 Å². The predicted octanol–water partition coefficient (Wildman–Crippen LogP) is 0.727. The Labute approximate surface area is 122 Å². The fourth-order valence-electron chi connectivity index (χ4n) is 2.91. The normalized spacial score (nSPS) is 16.6. The molecule has 0 saturated carbocycles. The summed E-state index contributed by atoms with van der Waals surface area (Å²) < 4.78 is 1.70. The number of likely N-dealkylation sites (N-methyl/N-ethyl adjacent to an activating group) is 1. The van der Waals surface area contributed by atoms with Crippen molar-refractivity contribution in [2.24, 2.45) is 7.05 Å². The molecule has 7 heteroatoms. The summed E-state index contributed by atoms with van der Waals surface area (Å²) in [4.78, 5) is 20.2. The van der Waals surface area contributed by atoms with E-state index in [1.807, 2.05) is 14.0 Å². The summed E-state index contributed by atoms with van der Waals surface area (Å²) >= 11 is 0. The van der Waals surface area contributed by atoms with Gasteiger partial charge in [0.25, 0.3) is 0 Å². The van der Waals surface area contributed by atoms with Gasteiger partial charge in [0.1, 0.15) is 5.56 Å². The number of carboxylic acid groups (broad SMARTS) is 1. The molecule has 0 bridgehead atoms. The zero-order valence-corrected chi connectivity index (χ0v) is 12.5. The molecule has 1 N–H and O–H groups in total. The first-order valence-corrected chi connectivity index (χ1v) is 6.98. The van der Waals surface area contributed by atoms with Gasteiger partial charge in [-0.3, -0.25) is 4.68 Å². The van der Waals surface area contributed by atoms with Gasteiger partial charge in [-0.1, -0.05) is 0 Å². The number of pyridine rings is 1. The number of hydrogen-bond acceptors (Lipinski definition) is 5. The lowest BCUT2D eigenvalue weighted by Crippen LogP contribution is -2.45. The fraction of sp³-hybridized carbons (Fsp3) is 0.500. The SMILES string of the molecule is Cc1nn(C)c2ncc(C(=O)O)c(N3CCN(C)CC3)c12. The summed E-state index contributed by atoms with van der Waals surface area (Å²) in [7, 11) is 3.91. The van der Waals surface area contributed by atoms with Gasteiger partial charge in [-0.05, 0) is 14.0 Å². The lowest BCUT2D eigenvalue weighted by atomic mass is 10.1. The summed E-state index contributed by atoms with van der Waals surface area (Å²) in [5.74, 6) is -0.943. The first kappa shape index (κ1) is 13.8. The third-order valence-electron chi connectivity index (χ3n) is 4.05. The van der Waals surface area contributed by atoms with Gasteiger partial charge in [0.2, 0.25) is 0 Å². The van der Waals surface area contributed by atoms with Crippen molar-refractivity contribution in [2.45, 2.75) is 6.92 Å². The van der Waals surface area contributed by atoms with Crippen LogP contribution in [0.25, 0.3) is 11.0 Å². The molecule has 0 aromatic carbocycles. The molecule has 1 aliphatic rings. The summed E-state index contributed by atoms with van der Waals surface area (Å²) in [6.07, 6.45) is 1.44. The zero-order chi connectivity index (χ0) is 15.1. The van der Waals surface area contributed by atoms with Crippen molar-refractivity contribution in [1.82, 2.24) is 19.7 Å². The standard InChI is InChI=1S/C14H19N5O2/c1-9-11-12(19-6-4-17(2)5-7-19)10(14(20)21)8-15-13(11)18(3)16-9/h8H,4-7H2,1-3H3,(H,20,21). The minimum Gasteiger partial charge on any atom is -0.478 e. The molecular weight excluding hydrogens is 270 g/mol. The van der Waals surface area contributed by atoms with E-state index in [1.54, 1.807) is 4.68 Å². The lowest BCUT2D eigenvalue weighted by molar-refractivity contribution is 0.0697. The van der Waals surface area contributed by atoms with Crippen molar-refractivity contribution >= 4 is 22.7 Å². The molecule has 7 nitrogen and oxygen atoms in total. The van der Waals surface area contributed by atoms with Crippen LogP contribution in [0.5, 0.6) is 0 Å². The number of hydrogen-bond donors (Lipinski definition) is 1. The topological polar surface area (TPSA) is 74.5 Å². The van der Waals surface area contributed by atoms with E-state index in [1.165, 1.54) is 6.20 Å². The average molecular weight is 289 g/mol. The lowest BCUT2D eigenvalue weighted by Gasteiger charge is -2.35. The van der Waals surface area contributed by atoms with Crippen LogP contribution in [0.2, 0.25) is 0 Å². The highest BCUT2D eigenvalue weighted by molar-refractivity contribution is 6.04. The number of nitrogens with zero attached hydrogens (tertiary/aromatic N) is 5. The average Bonchev–Trinajstić information content (AvgIpc) is 2.74. The minimum atomic E-state index is -0.943. The molecular formula is C14H19N5O2. The molecule has 0 unspecified atom stereocenters. The first-order valence-electron chi connectivity index (χ1n) is 6.98. The van der Waals surface area contributed by atoms with Gasteiger partial charge in [-0.25, -0.2) is 9.78 Å². The Hall–Kier alpha value is -2.15. The summed E-state index contributed by atoms with van der Waals surface area (Å²) in [5, 5.41) is 14.7. The van der Waals surface area contributed by atoms with E-state index in [9.17, 15) is 9.90 Å². The van der Waals surface area contributed by atoms with E-state index >= 15 is 0 Å². The fourth-order valence-corrected chi connectivity index (χ4v) is 2.91. The Balaban J connectivity index is 2.21. The van der Waals surface area contributed by atoms with Crippen LogP contribution in [0, 0.1) is 6.92 Å². The van der Waals surface area contributed by atoms with E-state index in [2.05, 4.69) is 26.9 Å². The van der Waals surface area contributed by atoms with Crippen LogP contribution < -0.4 is 4.90 Å². The van der Waals surface area contributed by atoms with Crippen molar-refractivity contribution in [3.8, 4) is 0 Å². The molecule has 3 rings (SSSR count). The summed E-state index contributed by atoms with van der Waals surface area (Å²) in [6.45, 7) is 5.36. The highest BCUT2D eigenvalue weighted by Gasteiger charge is 2.25.